The summed E-state index contributed by atoms with van der Waals surface area (Å²) in [4.78, 5) is 1.21. The first-order valence-electron chi connectivity index (χ1n) is 7.66. The Morgan fingerprint density at radius 2 is 2.19 bits per heavy atom. The van der Waals surface area contributed by atoms with Crippen LogP contribution >= 0.6 is 22.9 Å². The van der Waals surface area contributed by atoms with Crippen molar-refractivity contribution in [3.05, 3.63) is 39.3 Å². The van der Waals surface area contributed by atoms with Crippen LogP contribution in [-0.4, -0.2) is 16.3 Å². The van der Waals surface area contributed by atoms with Gasteiger partial charge >= 0.3 is 0 Å². The number of rotatable bonds is 8. The maximum Gasteiger partial charge on any atom is 0.0644 e. The molecule has 2 atom stereocenters. The van der Waals surface area contributed by atoms with Gasteiger partial charge in [0, 0.05) is 29.6 Å². The minimum Gasteiger partial charge on any atom is -0.309 e. The molecule has 1 N–H and O–H groups in total. The van der Waals surface area contributed by atoms with E-state index in [1.54, 1.807) is 11.3 Å². The zero-order valence-electron chi connectivity index (χ0n) is 13.0. The minimum atomic E-state index is 0.248. The predicted octanol–water partition coefficient (Wildman–Crippen LogP) is 4.85. The van der Waals surface area contributed by atoms with Crippen molar-refractivity contribution in [1.82, 2.24) is 15.1 Å². The first-order chi connectivity index (χ1) is 10.2. The third-order valence-electron chi connectivity index (χ3n) is 3.72. The van der Waals surface area contributed by atoms with Crippen molar-refractivity contribution < 1.29 is 0 Å². The lowest BCUT2D eigenvalue weighted by molar-refractivity contribution is 0.466. The van der Waals surface area contributed by atoms with E-state index in [1.165, 1.54) is 4.88 Å². The topological polar surface area (TPSA) is 29.9 Å². The Labute approximate surface area is 136 Å². The monoisotopic (exact) mass is 325 g/mol. The van der Waals surface area contributed by atoms with Crippen LogP contribution in [0.2, 0.25) is 5.02 Å². The highest BCUT2D eigenvalue weighted by molar-refractivity contribution is 7.10. The number of nitrogens with one attached hydrogen (secondary N) is 1. The minimum absolute atomic E-state index is 0.248. The third kappa shape index (κ3) is 4.31. The second-order valence-corrected chi connectivity index (χ2v) is 6.74. The van der Waals surface area contributed by atoms with E-state index in [9.17, 15) is 0 Å². The molecule has 0 bridgehead atoms. The van der Waals surface area contributed by atoms with E-state index in [4.69, 9.17) is 16.7 Å². The van der Waals surface area contributed by atoms with Gasteiger partial charge in [-0.25, -0.2) is 0 Å². The average molecular weight is 326 g/mol. The summed E-state index contributed by atoms with van der Waals surface area (Å²) in [5, 5.41) is 11.2. The van der Waals surface area contributed by atoms with Gasteiger partial charge in [0.05, 0.1) is 10.7 Å². The van der Waals surface area contributed by atoms with Crippen molar-refractivity contribution in [3.63, 3.8) is 0 Å². The molecule has 0 saturated heterocycles. The molecule has 2 unspecified atom stereocenters. The summed E-state index contributed by atoms with van der Waals surface area (Å²) in [5.74, 6) is 0. The molecular weight excluding hydrogens is 302 g/mol. The van der Waals surface area contributed by atoms with Gasteiger partial charge in [-0.3, -0.25) is 4.68 Å². The number of thiophene rings is 1. The molecule has 0 aliphatic rings. The molecular formula is C16H24ClN3S. The van der Waals surface area contributed by atoms with Gasteiger partial charge in [-0.1, -0.05) is 25.4 Å². The fraction of sp³-hybridized carbons (Fsp3) is 0.562. The zero-order chi connectivity index (χ0) is 15.2. The smallest absolute Gasteiger partial charge is 0.0644 e. The van der Waals surface area contributed by atoms with E-state index in [1.807, 2.05) is 6.07 Å². The normalized spacial score (nSPS) is 14.3. The maximum absolute atomic E-state index is 6.30. The number of aromatic nitrogens is 2. The van der Waals surface area contributed by atoms with E-state index in [0.29, 0.717) is 6.04 Å². The van der Waals surface area contributed by atoms with Crippen LogP contribution in [0, 0.1) is 0 Å². The summed E-state index contributed by atoms with van der Waals surface area (Å²) in [5.41, 5.74) is 1.12. The van der Waals surface area contributed by atoms with Crippen molar-refractivity contribution in [2.75, 3.05) is 6.54 Å². The van der Waals surface area contributed by atoms with E-state index in [-0.39, 0.29) is 6.04 Å². The number of hydrogen-bond acceptors (Lipinski definition) is 3. The first-order valence-corrected chi connectivity index (χ1v) is 8.91. The molecule has 0 aromatic carbocycles. The third-order valence-corrected chi connectivity index (χ3v) is 5.19. The lowest BCUT2D eigenvalue weighted by Gasteiger charge is -2.17. The fourth-order valence-corrected chi connectivity index (χ4v) is 3.52. The van der Waals surface area contributed by atoms with Gasteiger partial charge in [0.25, 0.3) is 0 Å². The van der Waals surface area contributed by atoms with Gasteiger partial charge in [0.1, 0.15) is 0 Å². The zero-order valence-corrected chi connectivity index (χ0v) is 14.5. The Morgan fingerprint density at radius 1 is 1.38 bits per heavy atom. The molecule has 2 aromatic rings. The highest BCUT2D eigenvalue weighted by Crippen LogP contribution is 2.30. The number of halogens is 1. The maximum atomic E-state index is 6.30. The Morgan fingerprint density at radius 3 is 2.81 bits per heavy atom. The second kappa shape index (κ2) is 7.97. The highest BCUT2D eigenvalue weighted by Gasteiger charge is 2.18. The van der Waals surface area contributed by atoms with Crippen molar-refractivity contribution in [1.29, 1.82) is 0 Å². The van der Waals surface area contributed by atoms with Crippen molar-refractivity contribution in [2.45, 2.75) is 52.1 Å². The van der Waals surface area contributed by atoms with Crippen LogP contribution in [-0.2, 0) is 6.42 Å². The Kier molecular flexibility index (Phi) is 6.27. The van der Waals surface area contributed by atoms with E-state index < -0.39 is 0 Å². The van der Waals surface area contributed by atoms with Gasteiger partial charge in [-0.05, 0) is 43.8 Å². The molecule has 21 heavy (non-hydrogen) atoms. The molecule has 0 spiro atoms. The molecule has 0 fully saturated rings. The van der Waals surface area contributed by atoms with Gasteiger partial charge in [-0.2, -0.15) is 5.10 Å². The fourth-order valence-electron chi connectivity index (χ4n) is 2.26. The van der Waals surface area contributed by atoms with Crippen molar-refractivity contribution in [3.8, 4) is 0 Å². The van der Waals surface area contributed by atoms with Crippen molar-refractivity contribution in [2.24, 2.45) is 0 Å². The number of nitrogens with zero attached hydrogens (tertiary/aromatic N) is 2. The molecule has 0 saturated carbocycles. The van der Waals surface area contributed by atoms with Crippen LogP contribution in [0.5, 0.6) is 0 Å². The quantitative estimate of drug-likeness (QED) is 0.751. The average Bonchev–Trinajstić information content (AvgIpc) is 3.11. The van der Waals surface area contributed by atoms with E-state index in [2.05, 4.69) is 48.4 Å². The highest BCUT2D eigenvalue weighted by atomic mass is 35.5. The largest absolute Gasteiger partial charge is 0.309 e. The summed E-state index contributed by atoms with van der Waals surface area (Å²) >= 11 is 8.02. The van der Waals surface area contributed by atoms with Crippen LogP contribution in [0.1, 0.15) is 56.3 Å². The predicted molar refractivity (Wildman–Crippen MR) is 91.3 cm³/mol. The van der Waals surface area contributed by atoms with Gasteiger partial charge < -0.3 is 5.32 Å². The van der Waals surface area contributed by atoms with E-state index in [0.717, 1.165) is 36.5 Å². The second-order valence-electron chi connectivity index (χ2n) is 5.39. The van der Waals surface area contributed by atoms with Crippen molar-refractivity contribution >= 4 is 22.9 Å². The molecule has 2 rings (SSSR count). The SMILES string of the molecule is CCCNC(Cc1ccn(C(C)CC)n1)c1sccc1Cl. The summed E-state index contributed by atoms with van der Waals surface area (Å²) in [6.07, 6.45) is 5.16. The molecule has 116 valence electrons. The molecule has 2 heterocycles. The van der Waals surface area contributed by atoms with Crippen LogP contribution in [0.15, 0.2) is 23.7 Å². The molecule has 5 heteroatoms. The van der Waals surface area contributed by atoms with Crippen LogP contribution in [0.3, 0.4) is 0 Å². The lowest BCUT2D eigenvalue weighted by Crippen LogP contribution is -2.23. The lowest BCUT2D eigenvalue weighted by atomic mass is 10.1. The molecule has 2 aromatic heterocycles. The van der Waals surface area contributed by atoms with Gasteiger partial charge in [-0.15, -0.1) is 11.3 Å². The summed E-state index contributed by atoms with van der Waals surface area (Å²) < 4.78 is 2.06. The van der Waals surface area contributed by atoms with Crippen LogP contribution in [0.25, 0.3) is 0 Å². The van der Waals surface area contributed by atoms with Gasteiger partial charge in [0.2, 0.25) is 0 Å². The summed E-state index contributed by atoms with van der Waals surface area (Å²) in [6, 6.07) is 4.79. The summed E-state index contributed by atoms with van der Waals surface area (Å²) in [7, 11) is 0. The van der Waals surface area contributed by atoms with Crippen LogP contribution in [0.4, 0.5) is 0 Å². The molecule has 0 aliphatic heterocycles. The molecule has 0 radical (unpaired) electrons. The van der Waals surface area contributed by atoms with E-state index >= 15 is 0 Å². The Bertz CT molecular complexity index is 549. The summed E-state index contributed by atoms with van der Waals surface area (Å²) in [6.45, 7) is 7.55. The number of hydrogen-bond donors (Lipinski definition) is 1. The Hall–Kier alpha value is -0.840. The first kappa shape index (κ1) is 16.5. The standard InChI is InChI=1S/C16H24ClN3S/c1-4-8-18-15(16-14(17)7-10-21-16)11-13-6-9-20(19-13)12(3)5-2/h6-7,9-10,12,15,18H,4-5,8,11H2,1-3H3. The Balaban J connectivity index is 2.11. The van der Waals surface area contributed by atoms with Gasteiger partial charge in [0.15, 0.2) is 0 Å². The molecule has 0 aliphatic carbocycles. The molecule has 3 nitrogen and oxygen atoms in total. The van der Waals surface area contributed by atoms with Crippen LogP contribution < -0.4 is 5.32 Å². The molecule has 0 amide bonds.